The summed E-state index contributed by atoms with van der Waals surface area (Å²) in [5.74, 6) is -3.84. The molecular formula is C21H16ClF4N3O7. The quantitative estimate of drug-likeness (QED) is 0.259. The van der Waals surface area contributed by atoms with E-state index in [1.165, 1.54) is 31.4 Å². The number of benzene rings is 1. The molecule has 15 heteroatoms. The zero-order valence-electron chi connectivity index (χ0n) is 18.6. The number of methoxy groups -OCH3 is 2. The minimum Gasteiger partial charge on any atom is -0.464 e. The number of esters is 1. The summed E-state index contributed by atoms with van der Waals surface area (Å²) in [5, 5.41) is -0.418. The van der Waals surface area contributed by atoms with E-state index in [4.69, 9.17) is 25.8 Å². The lowest BCUT2D eigenvalue weighted by atomic mass is 10.3. The van der Waals surface area contributed by atoms with Crippen molar-refractivity contribution in [2.75, 3.05) is 14.2 Å². The molecule has 0 bridgehead atoms. The number of rotatable bonds is 7. The molecule has 1 atom stereocenters. The zero-order chi connectivity index (χ0) is 26.8. The summed E-state index contributed by atoms with van der Waals surface area (Å²) in [5.41, 5.74) is -4.54. The van der Waals surface area contributed by atoms with E-state index in [0.29, 0.717) is 6.07 Å². The van der Waals surface area contributed by atoms with Crippen LogP contribution in [0.1, 0.15) is 5.69 Å². The molecule has 0 fully saturated rings. The van der Waals surface area contributed by atoms with Crippen LogP contribution >= 0.6 is 11.6 Å². The molecule has 0 spiro atoms. The normalized spacial score (nSPS) is 12.2. The minimum atomic E-state index is -5.01. The number of nitrogens with zero attached hydrogens (tertiary/aromatic N) is 3. The standard InChI is InChI=1S/C21H16ClF4N3O7/c1-28-14(21(24,25)26)9-15(30)29(20(28)32)16-11(23)8-10(22)17(27-16)35-12-6-4-5-7-13(12)36-19(34-3)18(31)33-2/h4-9,19H,1-3H3. The van der Waals surface area contributed by atoms with Gasteiger partial charge >= 0.3 is 17.8 Å². The fraction of sp³-hybridized carbons (Fsp3) is 0.238. The van der Waals surface area contributed by atoms with Gasteiger partial charge in [-0.3, -0.25) is 9.36 Å². The molecule has 0 radical (unpaired) electrons. The average molecular weight is 534 g/mol. The Balaban J connectivity index is 2.09. The van der Waals surface area contributed by atoms with Crippen LogP contribution in [0.15, 0.2) is 46.0 Å². The van der Waals surface area contributed by atoms with E-state index >= 15 is 0 Å². The predicted octanol–water partition coefficient (Wildman–Crippen LogP) is 3.06. The summed E-state index contributed by atoms with van der Waals surface area (Å²) in [6.07, 6.45) is -6.50. The lowest BCUT2D eigenvalue weighted by Gasteiger charge is -2.18. The van der Waals surface area contributed by atoms with Crippen LogP contribution in [-0.4, -0.2) is 40.6 Å². The van der Waals surface area contributed by atoms with Crippen LogP contribution in [0.25, 0.3) is 5.82 Å². The lowest BCUT2D eigenvalue weighted by molar-refractivity contribution is -0.170. The molecule has 0 saturated heterocycles. The maximum atomic E-state index is 14.7. The molecule has 0 amide bonds. The highest BCUT2D eigenvalue weighted by molar-refractivity contribution is 6.31. The van der Waals surface area contributed by atoms with Gasteiger partial charge in [-0.2, -0.15) is 18.2 Å². The molecule has 0 aliphatic rings. The highest BCUT2D eigenvalue weighted by Crippen LogP contribution is 2.35. The topological polar surface area (TPSA) is 111 Å². The summed E-state index contributed by atoms with van der Waals surface area (Å²) in [6, 6.07) is 6.51. The van der Waals surface area contributed by atoms with Crippen molar-refractivity contribution in [2.45, 2.75) is 12.5 Å². The van der Waals surface area contributed by atoms with Crippen LogP contribution in [0, 0.1) is 5.82 Å². The van der Waals surface area contributed by atoms with Crippen molar-refractivity contribution in [2.24, 2.45) is 7.05 Å². The van der Waals surface area contributed by atoms with Gasteiger partial charge in [-0.05, 0) is 12.1 Å². The molecular weight excluding hydrogens is 518 g/mol. The number of hydrogen-bond donors (Lipinski definition) is 0. The van der Waals surface area contributed by atoms with E-state index in [9.17, 15) is 31.9 Å². The van der Waals surface area contributed by atoms with Crippen LogP contribution in [0.5, 0.6) is 17.4 Å². The molecule has 2 aromatic heterocycles. The van der Waals surface area contributed by atoms with Crippen LogP contribution in [0.3, 0.4) is 0 Å². The molecule has 0 aliphatic heterocycles. The number of carbonyl (C=O) groups excluding carboxylic acids is 1. The zero-order valence-corrected chi connectivity index (χ0v) is 19.4. The van der Waals surface area contributed by atoms with Gasteiger partial charge in [0.1, 0.15) is 10.7 Å². The third kappa shape index (κ3) is 5.33. The van der Waals surface area contributed by atoms with E-state index in [-0.39, 0.29) is 26.7 Å². The largest absolute Gasteiger partial charge is 0.464 e. The molecule has 1 unspecified atom stereocenters. The van der Waals surface area contributed by atoms with Gasteiger partial charge in [-0.15, -0.1) is 0 Å². The van der Waals surface area contributed by atoms with E-state index in [2.05, 4.69) is 9.72 Å². The van der Waals surface area contributed by atoms with Crippen molar-refractivity contribution in [3.8, 4) is 23.2 Å². The first-order valence-corrected chi connectivity index (χ1v) is 10.1. The third-order valence-corrected chi connectivity index (χ3v) is 4.87. The van der Waals surface area contributed by atoms with E-state index < -0.39 is 57.9 Å². The molecule has 2 heterocycles. The number of hydrogen-bond acceptors (Lipinski definition) is 8. The highest BCUT2D eigenvalue weighted by atomic mass is 35.5. The molecule has 0 N–H and O–H groups in total. The van der Waals surface area contributed by atoms with Crippen LogP contribution in [-0.2, 0) is 27.5 Å². The Morgan fingerprint density at radius 1 is 1.11 bits per heavy atom. The van der Waals surface area contributed by atoms with Crippen molar-refractivity contribution >= 4 is 17.6 Å². The third-order valence-electron chi connectivity index (χ3n) is 4.60. The van der Waals surface area contributed by atoms with Gasteiger partial charge in [0.05, 0.1) is 7.11 Å². The van der Waals surface area contributed by atoms with Crippen LogP contribution < -0.4 is 20.7 Å². The Kier molecular flexibility index (Phi) is 7.69. The minimum absolute atomic E-state index is 0.0684. The highest BCUT2D eigenvalue weighted by Gasteiger charge is 2.35. The summed E-state index contributed by atoms with van der Waals surface area (Å²) in [4.78, 5) is 40.4. The molecule has 3 aromatic rings. The van der Waals surface area contributed by atoms with Crippen molar-refractivity contribution in [3.05, 3.63) is 73.8 Å². The summed E-state index contributed by atoms with van der Waals surface area (Å²) in [6.45, 7) is 0. The number of pyridine rings is 1. The maximum Gasteiger partial charge on any atom is 0.431 e. The van der Waals surface area contributed by atoms with Gasteiger partial charge in [-0.1, -0.05) is 23.7 Å². The first-order chi connectivity index (χ1) is 16.9. The molecule has 36 heavy (non-hydrogen) atoms. The monoisotopic (exact) mass is 533 g/mol. The predicted molar refractivity (Wildman–Crippen MR) is 115 cm³/mol. The van der Waals surface area contributed by atoms with Crippen molar-refractivity contribution in [1.29, 1.82) is 0 Å². The summed E-state index contributed by atoms with van der Waals surface area (Å²) in [7, 11) is 3.04. The Hall–Kier alpha value is -3.91. The SMILES string of the molecule is COC(=O)C(OC)Oc1ccccc1Oc1nc(-n2c(=O)cc(C(F)(F)F)n(C)c2=O)c(F)cc1Cl. The smallest absolute Gasteiger partial charge is 0.431 e. The number of ether oxygens (including phenoxy) is 4. The average Bonchev–Trinajstić information content (AvgIpc) is 2.82. The number of halogens is 5. The van der Waals surface area contributed by atoms with Crippen molar-refractivity contribution in [3.63, 3.8) is 0 Å². The maximum absolute atomic E-state index is 14.7. The molecule has 1 aromatic carbocycles. The molecule has 0 saturated carbocycles. The Morgan fingerprint density at radius 3 is 2.33 bits per heavy atom. The fourth-order valence-electron chi connectivity index (χ4n) is 2.90. The molecule has 0 aliphatic carbocycles. The van der Waals surface area contributed by atoms with Gasteiger partial charge in [0, 0.05) is 26.3 Å². The van der Waals surface area contributed by atoms with E-state index in [1.54, 1.807) is 0 Å². The number of alkyl halides is 3. The second-order valence-corrected chi connectivity index (χ2v) is 7.29. The Labute approximate surface area is 204 Å². The summed E-state index contributed by atoms with van der Waals surface area (Å²) < 4.78 is 74.7. The van der Waals surface area contributed by atoms with Gasteiger partial charge in [0.25, 0.3) is 11.8 Å². The molecule has 192 valence electrons. The number of carbonyl (C=O) groups is 1. The summed E-state index contributed by atoms with van der Waals surface area (Å²) >= 11 is 6.01. The first-order valence-electron chi connectivity index (χ1n) is 9.69. The van der Waals surface area contributed by atoms with Crippen molar-refractivity contribution < 1.29 is 41.3 Å². The van der Waals surface area contributed by atoms with Crippen LogP contribution in [0.4, 0.5) is 17.6 Å². The van der Waals surface area contributed by atoms with E-state index in [1.807, 2.05) is 0 Å². The van der Waals surface area contributed by atoms with Gasteiger partial charge < -0.3 is 18.9 Å². The van der Waals surface area contributed by atoms with Crippen LogP contribution in [0.2, 0.25) is 5.02 Å². The fourth-order valence-corrected chi connectivity index (χ4v) is 3.08. The number of para-hydroxylation sites is 2. The first kappa shape index (κ1) is 26.7. The Bertz CT molecular complexity index is 1420. The molecule has 3 rings (SSSR count). The van der Waals surface area contributed by atoms with Gasteiger partial charge in [0.2, 0.25) is 5.88 Å². The van der Waals surface area contributed by atoms with E-state index in [0.717, 1.165) is 14.2 Å². The van der Waals surface area contributed by atoms with Gasteiger partial charge in [-0.25, -0.2) is 18.5 Å². The van der Waals surface area contributed by atoms with Crippen molar-refractivity contribution in [1.82, 2.24) is 14.1 Å². The second-order valence-electron chi connectivity index (χ2n) is 6.88. The Morgan fingerprint density at radius 2 is 1.75 bits per heavy atom. The second kappa shape index (κ2) is 10.4. The van der Waals surface area contributed by atoms with Gasteiger partial charge in [0.15, 0.2) is 23.1 Å². The number of aromatic nitrogens is 3. The lowest BCUT2D eigenvalue weighted by Crippen LogP contribution is -2.41. The molecule has 10 nitrogen and oxygen atoms in total.